The van der Waals surface area contributed by atoms with Crippen LogP contribution in [0.4, 0.5) is 0 Å². The van der Waals surface area contributed by atoms with Gasteiger partial charge < -0.3 is 5.11 Å². The molecule has 0 bridgehead atoms. The van der Waals surface area contributed by atoms with Gasteiger partial charge in [-0.3, -0.25) is 4.57 Å². The van der Waals surface area contributed by atoms with Gasteiger partial charge in [-0.05, 0) is 26.8 Å². The van der Waals surface area contributed by atoms with Crippen molar-refractivity contribution in [2.24, 2.45) is 0 Å². The molecule has 0 spiro atoms. The molecule has 4 nitrogen and oxygen atoms in total. The number of rotatable bonds is 2. The third kappa shape index (κ3) is 2.39. The highest BCUT2D eigenvalue weighted by Gasteiger charge is 2.04. The maximum absolute atomic E-state index is 11.3. The van der Waals surface area contributed by atoms with Crippen molar-refractivity contribution in [2.75, 3.05) is 0 Å². The van der Waals surface area contributed by atoms with E-state index in [-0.39, 0.29) is 5.69 Å². The molecule has 72 valence electrons. The lowest BCUT2D eigenvalue weighted by Crippen LogP contribution is -2.29. The monoisotopic (exact) mass is 182 g/mol. The molecule has 0 amide bonds. The van der Waals surface area contributed by atoms with Gasteiger partial charge in [0.1, 0.15) is 0 Å². The molecule has 0 aliphatic heterocycles. The summed E-state index contributed by atoms with van der Waals surface area (Å²) in [6.45, 7) is 5.56. The summed E-state index contributed by atoms with van der Waals surface area (Å²) < 4.78 is 1.47. The summed E-state index contributed by atoms with van der Waals surface area (Å²) in [5.41, 5.74) is 1.25. The molecule has 1 aromatic heterocycles. The molecule has 0 aromatic carbocycles. The summed E-state index contributed by atoms with van der Waals surface area (Å²) in [6, 6.07) is 1.82. The Balaban J connectivity index is 3.14. The summed E-state index contributed by atoms with van der Waals surface area (Å²) in [5, 5.41) is 9.14. The van der Waals surface area contributed by atoms with E-state index in [0.717, 1.165) is 5.69 Å². The number of aromatic nitrogens is 2. The van der Waals surface area contributed by atoms with E-state index in [1.807, 2.05) is 13.0 Å². The number of hydrogen-bond donors (Lipinski definition) is 1. The van der Waals surface area contributed by atoms with Crippen LogP contribution in [0.2, 0.25) is 0 Å². The Morgan fingerprint density at radius 1 is 1.62 bits per heavy atom. The normalized spacial score (nSPS) is 12.9. The van der Waals surface area contributed by atoms with Gasteiger partial charge in [-0.15, -0.1) is 0 Å². The van der Waals surface area contributed by atoms with Gasteiger partial charge in [-0.25, -0.2) is 4.79 Å². The van der Waals surface area contributed by atoms with Gasteiger partial charge in [-0.2, -0.15) is 4.98 Å². The molecule has 0 radical (unpaired) electrons. The molecule has 0 aliphatic rings. The SMILES string of the molecule is Cc1cc(C)n(C[C@H](C)O)c(=O)n1. The lowest BCUT2D eigenvalue weighted by atomic mass is 10.3. The molecule has 1 aromatic rings. The Bertz CT molecular complexity index is 355. The van der Waals surface area contributed by atoms with Crippen LogP contribution in [0.3, 0.4) is 0 Å². The molecule has 1 rings (SSSR count). The average molecular weight is 182 g/mol. The average Bonchev–Trinajstić information content (AvgIpc) is 1.96. The van der Waals surface area contributed by atoms with Gasteiger partial charge in [0.25, 0.3) is 0 Å². The zero-order chi connectivity index (χ0) is 10.0. The van der Waals surface area contributed by atoms with Gasteiger partial charge >= 0.3 is 5.69 Å². The van der Waals surface area contributed by atoms with Crippen molar-refractivity contribution in [1.82, 2.24) is 9.55 Å². The quantitative estimate of drug-likeness (QED) is 0.712. The van der Waals surface area contributed by atoms with E-state index in [4.69, 9.17) is 5.11 Å². The molecule has 0 saturated heterocycles. The fraction of sp³-hybridized carbons (Fsp3) is 0.556. The highest BCUT2D eigenvalue weighted by atomic mass is 16.3. The van der Waals surface area contributed by atoms with Gasteiger partial charge in [-0.1, -0.05) is 0 Å². The minimum absolute atomic E-state index is 0.293. The number of nitrogens with zero attached hydrogens (tertiary/aromatic N) is 2. The van der Waals surface area contributed by atoms with E-state index in [1.54, 1.807) is 13.8 Å². The second-order valence-corrected chi connectivity index (χ2v) is 3.28. The van der Waals surface area contributed by atoms with Crippen LogP contribution < -0.4 is 5.69 Å². The van der Waals surface area contributed by atoms with Crippen molar-refractivity contribution in [3.05, 3.63) is 27.9 Å². The molecule has 4 heteroatoms. The van der Waals surface area contributed by atoms with Crippen molar-refractivity contribution >= 4 is 0 Å². The molecule has 0 saturated carbocycles. The minimum atomic E-state index is -0.527. The topological polar surface area (TPSA) is 55.1 Å². The van der Waals surface area contributed by atoms with E-state index in [2.05, 4.69) is 4.98 Å². The third-order valence-electron chi connectivity index (χ3n) is 1.79. The summed E-state index contributed by atoms with van der Waals surface area (Å²) >= 11 is 0. The van der Waals surface area contributed by atoms with Crippen LogP contribution >= 0.6 is 0 Å². The highest BCUT2D eigenvalue weighted by molar-refractivity contribution is 5.06. The van der Waals surface area contributed by atoms with Crippen LogP contribution in [0.25, 0.3) is 0 Å². The van der Waals surface area contributed by atoms with Crippen LogP contribution in [0.15, 0.2) is 10.9 Å². The number of hydrogen-bond acceptors (Lipinski definition) is 3. The molecule has 13 heavy (non-hydrogen) atoms. The van der Waals surface area contributed by atoms with E-state index in [0.29, 0.717) is 12.2 Å². The highest BCUT2D eigenvalue weighted by Crippen LogP contribution is 1.97. The summed E-state index contributed by atoms with van der Waals surface area (Å²) in [7, 11) is 0. The van der Waals surface area contributed by atoms with E-state index in [1.165, 1.54) is 4.57 Å². The van der Waals surface area contributed by atoms with Crippen molar-refractivity contribution in [3.8, 4) is 0 Å². The second-order valence-electron chi connectivity index (χ2n) is 3.28. The predicted octanol–water partition coefficient (Wildman–Crippen LogP) is 0.241. The van der Waals surface area contributed by atoms with Gasteiger partial charge in [0.2, 0.25) is 0 Å². The first-order chi connectivity index (χ1) is 6.00. The lowest BCUT2D eigenvalue weighted by molar-refractivity contribution is 0.170. The molecule has 1 atom stereocenters. The van der Waals surface area contributed by atoms with Crippen LogP contribution in [0.1, 0.15) is 18.3 Å². The smallest absolute Gasteiger partial charge is 0.348 e. The fourth-order valence-corrected chi connectivity index (χ4v) is 1.26. The zero-order valence-corrected chi connectivity index (χ0v) is 8.11. The van der Waals surface area contributed by atoms with Gasteiger partial charge in [0.05, 0.1) is 12.6 Å². The van der Waals surface area contributed by atoms with Crippen molar-refractivity contribution in [3.63, 3.8) is 0 Å². The van der Waals surface area contributed by atoms with Crippen molar-refractivity contribution in [2.45, 2.75) is 33.4 Å². The molecule has 0 unspecified atom stereocenters. The minimum Gasteiger partial charge on any atom is -0.392 e. The van der Waals surface area contributed by atoms with E-state index < -0.39 is 6.10 Å². The third-order valence-corrected chi connectivity index (χ3v) is 1.79. The zero-order valence-electron chi connectivity index (χ0n) is 8.11. The second kappa shape index (κ2) is 3.70. The molecular weight excluding hydrogens is 168 g/mol. The first-order valence-electron chi connectivity index (χ1n) is 4.24. The van der Waals surface area contributed by atoms with Crippen LogP contribution in [-0.4, -0.2) is 20.8 Å². The summed E-state index contributed by atoms with van der Waals surface area (Å²) in [6.07, 6.45) is -0.527. The maximum Gasteiger partial charge on any atom is 0.348 e. The maximum atomic E-state index is 11.3. The van der Waals surface area contributed by atoms with Crippen molar-refractivity contribution in [1.29, 1.82) is 0 Å². The Morgan fingerprint density at radius 3 is 2.69 bits per heavy atom. The molecule has 1 N–H and O–H groups in total. The molecule has 1 heterocycles. The number of aliphatic hydroxyl groups is 1. The lowest BCUT2D eigenvalue weighted by Gasteiger charge is -2.10. The van der Waals surface area contributed by atoms with E-state index in [9.17, 15) is 4.79 Å². The van der Waals surface area contributed by atoms with Crippen LogP contribution in [0.5, 0.6) is 0 Å². The van der Waals surface area contributed by atoms with Crippen molar-refractivity contribution < 1.29 is 5.11 Å². The standard InChI is InChI=1S/C9H14N2O2/c1-6-4-7(2)11(5-8(3)12)9(13)10-6/h4,8,12H,5H2,1-3H3/t8-/m0/s1. The fourth-order valence-electron chi connectivity index (χ4n) is 1.26. The molecule has 0 fully saturated rings. The van der Waals surface area contributed by atoms with Crippen LogP contribution in [-0.2, 0) is 6.54 Å². The Kier molecular flexibility index (Phi) is 2.83. The summed E-state index contributed by atoms with van der Waals surface area (Å²) in [4.78, 5) is 15.1. The first kappa shape index (κ1) is 9.92. The Labute approximate surface area is 76.9 Å². The Morgan fingerprint density at radius 2 is 2.23 bits per heavy atom. The Hall–Kier alpha value is -1.16. The van der Waals surface area contributed by atoms with Gasteiger partial charge in [0, 0.05) is 11.4 Å². The summed E-state index contributed by atoms with van der Waals surface area (Å²) in [5.74, 6) is 0. The van der Waals surface area contributed by atoms with Gasteiger partial charge in [0.15, 0.2) is 0 Å². The first-order valence-corrected chi connectivity index (χ1v) is 4.24. The largest absolute Gasteiger partial charge is 0.392 e. The molecule has 0 aliphatic carbocycles. The molecular formula is C9H14N2O2. The van der Waals surface area contributed by atoms with Crippen LogP contribution in [0, 0.1) is 13.8 Å². The number of aliphatic hydroxyl groups excluding tert-OH is 1. The van der Waals surface area contributed by atoms with E-state index >= 15 is 0 Å². The number of aryl methyl sites for hydroxylation is 2. The predicted molar refractivity (Wildman–Crippen MR) is 49.7 cm³/mol.